The van der Waals surface area contributed by atoms with Crippen LogP contribution in [0.3, 0.4) is 0 Å². The molecule has 0 aliphatic carbocycles. The molecule has 4 N–H and O–H groups in total. The standard InChI is InChI=1S/C24H28N4O/c1-24(2,3)25-15-21(29)27-22-18-11-7-8-12-20(18)26-23-19(22)13-14-28(23)16-17-9-5-4-6-10-17/h4-12,25H,13-16H2,1-3H3,(H,26,27,29)/p+2. The molecule has 0 saturated carbocycles. The molecule has 5 nitrogen and oxygen atoms in total. The minimum absolute atomic E-state index is 0.0261. The van der Waals surface area contributed by atoms with E-state index in [0.717, 1.165) is 41.9 Å². The fraction of sp³-hybridized carbons (Fsp3) is 0.333. The smallest absolute Gasteiger partial charge is 0.280 e. The van der Waals surface area contributed by atoms with Crippen LogP contribution in [0, 0.1) is 0 Å². The predicted molar refractivity (Wildman–Crippen MR) is 117 cm³/mol. The number of fused-ring (bicyclic) bond motifs is 2. The van der Waals surface area contributed by atoms with Crippen molar-refractivity contribution in [3.05, 3.63) is 65.7 Å². The maximum Gasteiger partial charge on any atom is 0.280 e. The molecule has 4 rings (SSSR count). The number of amides is 1. The van der Waals surface area contributed by atoms with Crippen LogP contribution in [0.5, 0.6) is 0 Å². The summed E-state index contributed by atoms with van der Waals surface area (Å²) in [7, 11) is 0. The monoisotopic (exact) mass is 390 g/mol. The summed E-state index contributed by atoms with van der Waals surface area (Å²) in [6, 6.07) is 18.7. The highest BCUT2D eigenvalue weighted by Crippen LogP contribution is 2.35. The van der Waals surface area contributed by atoms with Crippen molar-refractivity contribution in [1.29, 1.82) is 0 Å². The summed E-state index contributed by atoms with van der Waals surface area (Å²) >= 11 is 0. The normalized spacial score (nSPS) is 13.6. The molecule has 2 aromatic carbocycles. The fourth-order valence-electron chi connectivity index (χ4n) is 3.86. The number of benzene rings is 2. The van der Waals surface area contributed by atoms with E-state index >= 15 is 0 Å². The van der Waals surface area contributed by atoms with E-state index in [4.69, 9.17) is 0 Å². The molecule has 0 saturated heterocycles. The van der Waals surface area contributed by atoms with E-state index < -0.39 is 0 Å². The Morgan fingerprint density at radius 1 is 1.10 bits per heavy atom. The maximum atomic E-state index is 12.7. The SMILES string of the molecule is CC(C)(C)[NH2+]CC(=O)Nc1c2c([nH+]c3ccccc13)N(Cc1ccccc1)CC2. The lowest BCUT2D eigenvalue weighted by molar-refractivity contribution is -0.707. The Bertz CT molecular complexity index is 1020. The Balaban J connectivity index is 1.66. The van der Waals surface area contributed by atoms with Gasteiger partial charge < -0.3 is 10.6 Å². The molecular formula is C24H30N4O+2. The Labute approximate surface area is 172 Å². The quantitative estimate of drug-likeness (QED) is 0.703. The van der Waals surface area contributed by atoms with Crippen LogP contribution in [0.4, 0.5) is 11.5 Å². The first-order valence-electron chi connectivity index (χ1n) is 10.3. The van der Waals surface area contributed by atoms with Crippen molar-refractivity contribution in [2.24, 2.45) is 0 Å². The van der Waals surface area contributed by atoms with Gasteiger partial charge in [0.05, 0.1) is 23.3 Å². The summed E-state index contributed by atoms with van der Waals surface area (Å²) in [6.07, 6.45) is 0.919. The van der Waals surface area contributed by atoms with Crippen LogP contribution in [-0.2, 0) is 17.8 Å². The number of aromatic nitrogens is 1. The van der Waals surface area contributed by atoms with Crippen LogP contribution in [0.25, 0.3) is 10.9 Å². The van der Waals surface area contributed by atoms with Gasteiger partial charge >= 0.3 is 0 Å². The second-order valence-corrected chi connectivity index (χ2v) is 8.85. The van der Waals surface area contributed by atoms with Crippen LogP contribution in [0.2, 0.25) is 0 Å². The van der Waals surface area contributed by atoms with Crippen LogP contribution >= 0.6 is 0 Å². The topological polar surface area (TPSA) is 63.1 Å². The van der Waals surface area contributed by atoms with E-state index in [1.54, 1.807) is 0 Å². The van der Waals surface area contributed by atoms with Crippen molar-refractivity contribution in [2.45, 2.75) is 39.3 Å². The summed E-state index contributed by atoms with van der Waals surface area (Å²) in [5, 5.41) is 6.36. The molecule has 150 valence electrons. The van der Waals surface area contributed by atoms with Crippen molar-refractivity contribution in [2.75, 3.05) is 23.3 Å². The van der Waals surface area contributed by atoms with Crippen LogP contribution in [0.1, 0.15) is 31.9 Å². The summed E-state index contributed by atoms with van der Waals surface area (Å²) < 4.78 is 0. The zero-order valence-corrected chi connectivity index (χ0v) is 17.5. The summed E-state index contributed by atoms with van der Waals surface area (Å²) in [4.78, 5) is 18.7. The Morgan fingerprint density at radius 3 is 2.59 bits per heavy atom. The number of rotatable bonds is 5. The van der Waals surface area contributed by atoms with Gasteiger partial charge in [-0.2, -0.15) is 0 Å². The number of pyridine rings is 1. The molecule has 0 radical (unpaired) electrons. The van der Waals surface area contributed by atoms with Crippen molar-refractivity contribution in [3.63, 3.8) is 0 Å². The van der Waals surface area contributed by atoms with Gasteiger partial charge in [0, 0.05) is 11.8 Å². The average molecular weight is 391 g/mol. The van der Waals surface area contributed by atoms with Crippen molar-refractivity contribution >= 4 is 28.3 Å². The van der Waals surface area contributed by atoms with Crippen LogP contribution < -0.4 is 20.5 Å². The van der Waals surface area contributed by atoms with Crippen molar-refractivity contribution < 1.29 is 15.1 Å². The Hall–Kier alpha value is -2.92. The fourth-order valence-corrected chi connectivity index (χ4v) is 3.86. The first-order valence-corrected chi connectivity index (χ1v) is 10.3. The van der Waals surface area contributed by atoms with E-state index in [1.807, 2.05) is 18.2 Å². The van der Waals surface area contributed by atoms with Gasteiger partial charge in [0.1, 0.15) is 12.1 Å². The highest BCUT2D eigenvalue weighted by molar-refractivity contribution is 6.03. The van der Waals surface area contributed by atoms with Gasteiger partial charge in [0.15, 0.2) is 6.54 Å². The van der Waals surface area contributed by atoms with Gasteiger partial charge in [-0.15, -0.1) is 0 Å². The summed E-state index contributed by atoms with van der Waals surface area (Å²) in [6.45, 7) is 8.56. The molecule has 0 bridgehead atoms. The largest absolute Gasteiger partial charge is 0.334 e. The molecule has 0 fully saturated rings. The van der Waals surface area contributed by atoms with Crippen molar-refractivity contribution in [3.8, 4) is 0 Å². The second-order valence-electron chi connectivity index (χ2n) is 8.85. The average Bonchev–Trinajstić information content (AvgIpc) is 3.09. The molecule has 1 aliphatic rings. The number of nitrogens with two attached hydrogens (primary N) is 1. The van der Waals surface area contributed by atoms with Gasteiger partial charge in [0.2, 0.25) is 0 Å². The number of nitrogens with zero attached hydrogens (tertiary/aromatic N) is 1. The molecule has 2 heterocycles. The van der Waals surface area contributed by atoms with E-state index in [-0.39, 0.29) is 11.4 Å². The molecular weight excluding hydrogens is 360 g/mol. The third-order valence-electron chi connectivity index (χ3n) is 5.37. The number of hydrogen-bond acceptors (Lipinski definition) is 2. The lowest BCUT2D eigenvalue weighted by Crippen LogP contribution is -2.95. The van der Waals surface area contributed by atoms with Gasteiger partial charge in [-0.25, -0.2) is 4.98 Å². The van der Waals surface area contributed by atoms with Gasteiger partial charge in [-0.1, -0.05) is 42.5 Å². The second kappa shape index (κ2) is 7.84. The van der Waals surface area contributed by atoms with E-state index in [1.165, 1.54) is 11.1 Å². The van der Waals surface area contributed by atoms with Crippen LogP contribution in [0.15, 0.2) is 54.6 Å². The molecule has 29 heavy (non-hydrogen) atoms. The van der Waals surface area contributed by atoms with E-state index in [9.17, 15) is 4.79 Å². The number of anilines is 2. The highest BCUT2D eigenvalue weighted by atomic mass is 16.1. The molecule has 0 atom stereocenters. The highest BCUT2D eigenvalue weighted by Gasteiger charge is 2.32. The Morgan fingerprint density at radius 2 is 1.83 bits per heavy atom. The molecule has 0 unspecified atom stereocenters. The first-order chi connectivity index (χ1) is 13.9. The number of aromatic amines is 1. The number of carbonyl (C=O) groups is 1. The predicted octanol–water partition coefficient (Wildman–Crippen LogP) is 2.52. The third kappa shape index (κ3) is 4.40. The minimum Gasteiger partial charge on any atom is -0.334 e. The van der Waals surface area contributed by atoms with Gasteiger partial charge in [-0.3, -0.25) is 9.69 Å². The van der Waals surface area contributed by atoms with Gasteiger partial charge in [-0.05, 0) is 38.5 Å². The molecule has 1 aliphatic heterocycles. The molecule has 1 aromatic heterocycles. The van der Waals surface area contributed by atoms with E-state index in [2.05, 4.69) is 77.7 Å². The number of H-pyrrole nitrogens is 1. The van der Waals surface area contributed by atoms with Gasteiger partial charge in [0.25, 0.3) is 11.7 Å². The van der Waals surface area contributed by atoms with Crippen LogP contribution in [-0.4, -0.2) is 24.5 Å². The number of quaternary nitrogens is 1. The number of hydrogen-bond donors (Lipinski definition) is 2. The number of nitrogens with one attached hydrogen (secondary N) is 2. The Kier molecular flexibility index (Phi) is 5.24. The molecule has 0 spiro atoms. The zero-order valence-electron chi connectivity index (χ0n) is 17.5. The minimum atomic E-state index is 0.0261. The number of carbonyl (C=O) groups excluding carboxylic acids is 1. The van der Waals surface area contributed by atoms with E-state index in [0.29, 0.717) is 6.54 Å². The number of para-hydroxylation sites is 1. The molecule has 5 heteroatoms. The third-order valence-corrected chi connectivity index (χ3v) is 5.37. The molecule has 1 amide bonds. The summed E-state index contributed by atoms with van der Waals surface area (Å²) in [5.41, 5.74) is 4.51. The first kappa shape index (κ1) is 19.4. The maximum absolute atomic E-state index is 12.7. The molecule has 3 aromatic rings. The summed E-state index contributed by atoms with van der Waals surface area (Å²) in [5.74, 6) is 1.16. The lowest BCUT2D eigenvalue weighted by atomic mass is 10.1. The zero-order chi connectivity index (χ0) is 20.4. The van der Waals surface area contributed by atoms with Crippen molar-refractivity contribution in [1.82, 2.24) is 0 Å². The lowest BCUT2D eigenvalue weighted by Gasteiger charge is -2.17.